The summed E-state index contributed by atoms with van der Waals surface area (Å²) in [5.74, 6) is -0.959. The van der Waals surface area contributed by atoms with E-state index in [1.165, 1.54) is 19.1 Å². The summed E-state index contributed by atoms with van der Waals surface area (Å²) >= 11 is 5.82. The Bertz CT molecular complexity index is 1110. The summed E-state index contributed by atoms with van der Waals surface area (Å²) < 4.78 is 11.0. The van der Waals surface area contributed by atoms with Crippen molar-refractivity contribution >= 4 is 34.9 Å². The number of benzene rings is 3. The van der Waals surface area contributed by atoms with Crippen molar-refractivity contribution in [3.8, 4) is 5.75 Å². The molecule has 2 unspecified atom stereocenters. The monoisotopic (exact) mass is 454 g/mol. The van der Waals surface area contributed by atoms with Crippen LogP contribution >= 0.6 is 11.6 Å². The number of carbonyl (C=O) groups is 2. The quantitative estimate of drug-likeness (QED) is 0.293. The molecule has 0 saturated heterocycles. The second-order valence-electron chi connectivity index (χ2n) is 6.71. The molecule has 3 aromatic carbocycles. The van der Waals surface area contributed by atoms with Crippen molar-refractivity contribution < 1.29 is 24.0 Å². The number of para-hydroxylation sites is 1. The standard InChI is InChI=1S/C23H19ClN2O6/c1-15(31-18-10-6-3-7-11-18)23(28)32-21(16-8-4-2-5-9-16)22(27)25-17-12-13-19(24)20(14-17)26(29)30/h2-15,21H,1H3,(H,25,27). The molecule has 3 aromatic rings. The molecule has 0 spiro atoms. The van der Waals surface area contributed by atoms with Gasteiger partial charge in [-0.15, -0.1) is 0 Å². The molecule has 0 aliphatic rings. The first kappa shape index (κ1) is 22.8. The Kier molecular flexibility index (Phi) is 7.41. The minimum atomic E-state index is -1.31. The normalized spacial score (nSPS) is 12.3. The van der Waals surface area contributed by atoms with Crippen LogP contribution < -0.4 is 10.1 Å². The van der Waals surface area contributed by atoms with E-state index in [2.05, 4.69) is 5.32 Å². The van der Waals surface area contributed by atoms with Gasteiger partial charge in [0.2, 0.25) is 6.10 Å². The van der Waals surface area contributed by atoms with Crippen LogP contribution in [-0.4, -0.2) is 22.9 Å². The van der Waals surface area contributed by atoms with E-state index in [0.29, 0.717) is 11.3 Å². The molecule has 3 rings (SSSR count). The van der Waals surface area contributed by atoms with Crippen molar-refractivity contribution in [2.24, 2.45) is 0 Å². The number of anilines is 1. The summed E-state index contributed by atoms with van der Waals surface area (Å²) in [5.41, 5.74) is 0.202. The zero-order chi connectivity index (χ0) is 23.1. The molecule has 0 aliphatic heterocycles. The molecule has 0 bridgehead atoms. The van der Waals surface area contributed by atoms with Crippen LogP contribution in [0.15, 0.2) is 78.9 Å². The topological polar surface area (TPSA) is 108 Å². The van der Waals surface area contributed by atoms with Gasteiger partial charge in [0.25, 0.3) is 11.6 Å². The zero-order valence-corrected chi connectivity index (χ0v) is 17.7. The summed E-state index contributed by atoms with van der Waals surface area (Å²) in [7, 11) is 0. The lowest BCUT2D eigenvalue weighted by Gasteiger charge is -2.21. The molecule has 0 aromatic heterocycles. The minimum absolute atomic E-state index is 0.0640. The first-order valence-corrected chi connectivity index (χ1v) is 9.95. The fraction of sp³-hybridized carbons (Fsp3) is 0.130. The molecule has 0 saturated carbocycles. The van der Waals surface area contributed by atoms with E-state index in [9.17, 15) is 19.7 Å². The number of carbonyl (C=O) groups excluding carboxylic acids is 2. The average molecular weight is 455 g/mol. The van der Waals surface area contributed by atoms with Crippen LogP contribution in [-0.2, 0) is 14.3 Å². The van der Waals surface area contributed by atoms with Gasteiger partial charge in [-0.2, -0.15) is 0 Å². The first-order chi connectivity index (χ1) is 15.3. The molecule has 32 heavy (non-hydrogen) atoms. The van der Waals surface area contributed by atoms with Gasteiger partial charge in [-0.25, -0.2) is 4.79 Å². The highest BCUT2D eigenvalue weighted by Crippen LogP contribution is 2.28. The molecule has 1 N–H and O–H groups in total. The number of ether oxygens (including phenoxy) is 2. The van der Waals surface area contributed by atoms with Gasteiger partial charge in [0.05, 0.1) is 4.92 Å². The van der Waals surface area contributed by atoms with Crippen LogP contribution in [0.4, 0.5) is 11.4 Å². The van der Waals surface area contributed by atoms with E-state index < -0.39 is 29.0 Å². The smallest absolute Gasteiger partial charge is 0.348 e. The van der Waals surface area contributed by atoms with E-state index in [1.54, 1.807) is 54.6 Å². The van der Waals surface area contributed by atoms with Gasteiger partial charge in [0.15, 0.2) is 6.10 Å². The van der Waals surface area contributed by atoms with Crippen LogP contribution in [0.3, 0.4) is 0 Å². The number of hydrogen-bond acceptors (Lipinski definition) is 6. The van der Waals surface area contributed by atoms with Crippen molar-refractivity contribution in [1.82, 2.24) is 0 Å². The van der Waals surface area contributed by atoms with E-state index in [1.807, 2.05) is 6.07 Å². The Balaban J connectivity index is 1.79. The fourth-order valence-corrected chi connectivity index (χ4v) is 2.99. The van der Waals surface area contributed by atoms with Crippen molar-refractivity contribution in [2.75, 3.05) is 5.32 Å². The molecule has 1 amide bonds. The van der Waals surface area contributed by atoms with E-state index in [4.69, 9.17) is 21.1 Å². The molecule has 0 radical (unpaired) electrons. The Hall–Kier alpha value is -3.91. The third-order valence-electron chi connectivity index (χ3n) is 4.37. The van der Waals surface area contributed by atoms with Crippen LogP contribution in [0.25, 0.3) is 0 Å². The predicted octanol–water partition coefficient (Wildman–Crippen LogP) is 4.94. The molecule has 0 aliphatic carbocycles. The molecule has 8 nitrogen and oxygen atoms in total. The average Bonchev–Trinajstić information content (AvgIpc) is 2.79. The van der Waals surface area contributed by atoms with Gasteiger partial charge in [-0.3, -0.25) is 14.9 Å². The number of rotatable bonds is 8. The van der Waals surface area contributed by atoms with Gasteiger partial charge in [0.1, 0.15) is 10.8 Å². The van der Waals surface area contributed by atoms with Crippen LogP contribution in [0.2, 0.25) is 5.02 Å². The summed E-state index contributed by atoms with van der Waals surface area (Å²) in [6.45, 7) is 1.51. The minimum Gasteiger partial charge on any atom is -0.479 e. The first-order valence-electron chi connectivity index (χ1n) is 9.57. The van der Waals surface area contributed by atoms with Crippen molar-refractivity contribution in [3.05, 3.63) is 99.6 Å². The van der Waals surface area contributed by atoms with Crippen molar-refractivity contribution in [1.29, 1.82) is 0 Å². The largest absolute Gasteiger partial charge is 0.479 e. The number of nitrogens with one attached hydrogen (secondary N) is 1. The summed E-state index contributed by atoms with van der Waals surface area (Å²) in [6, 6.07) is 21.0. The molecular weight excluding hydrogens is 436 g/mol. The van der Waals surface area contributed by atoms with Gasteiger partial charge in [0, 0.05) is 17.3 Å². The highest BCUT2D eigenvalue weighted by atomic mass is 35.5. The number of amides is 1. The number of nitro groups is 1. The number of esters is 1. The SMILES string of the molecule is CC(Oc1ccccc1)C(=O)OC(C(=O)Nc1ccc(Cl)c([N+](=O)[O-])c1)c1ccccc1. The third kappa shape index (κ3) is 5.83. The Labute approximate surface area is 188 Å². The molecular formula is C23H19ClN2O6. The molecule has 2 atom stereocenters. The number of hydrogen-bond donors (Lipinski definition) is 1. The van der Waals surface area contributed by atoms with Crippen LogP contribution in [0, 0.1) is 10.1 Å². The van der Waals surface area contributed by atoms with Gasteiger partial charge >= 0.3 is 5.97 Å². The van der Waals surface area contributed by atoms with E-state index in [0.717, 1.165) is 6.07 Å². The van der Waals surface area contributed by atoms with E-state index in [-0.39, 0.29) is 16.4 Å². The summed E-state index contributed by atoms with van der Waals surface area (Å²) in [5, 5.41) is 13.6. The molecule has 0 heterocycles. The predicted molar refractivity (Wildman–Crippen MR) is 119 cm³/mol. The Morgan fingerprint density at radius 2 is 1.62 bits per heavy atom. The number of nitro benzene ring substituents is 1. The fourth-order valence-electron chi connectivity index (χ4n) is 2.80. The lowest BCUT2D eigenvalue weighted by atomic mass is 10.1. The third-order valence-corrected chi connectivity index (χ3v) is 4.69. The Morgan fingerprint density at radius 1 is 1.00 bits per heavy atom. The van der Waals surface area contributed by atoms with Gasteiger partial charge in [-0.1, -0.05) is 60.1 Å². The van der Waals surface area contributed by atoms with Gasteiger partial charge < -0.3 is 14.8 Å². The lowest BCUT2D eigenvalue weighted by molar-refractivity contribution is -0.384. The highest BCUT2D eigenvalue weighted by Gasteiger charge is 2.29. The maximum atomic E-state index is 13.0. The second kappa shape index (κ2) is 10.4. The van der Waals surface area contributed by atoms with E-state index >= 15 is 0 Å². The van der Waals surface area contributed by atoms with Crippen LogP contribution in [0.5, 0.6) is 5.75 Å². The summed E-state index contributed by atoms with van der Waals surface area (Å²) in [6.07, 6.45) is -2.28. The van der Waals surface area contributed by atoms with Gasteiger partial charge in [-0.05, 0) is 31.2 Å². The van der Waals surface area contributed by atoms with Crippen molar-refractivity contribution in [2.45, 2.75) is 19.1 Å². The highest BCUT2D eigenvalue weighted by molar-refractivity contribution is 6.32. The maximum Gasteiger partial charge on any atom is 0.348 e. The zero-order valence-electron chi connectivity index (χ0n) is 16.9. The molecule has 0 fully saturated rings. The second-order valence-corrected chi connectivity index (χ2v) is 7.12. The lowest BCUT2D eigenvalue weighted by Crippen LogP contribution is -2.32. The number of halogens is 1. The number of nitrogens with zero attached hydrogens (tertiary/aromatic N) is 1. The molecule has 9 heteroatoms. The van der Waals surface area contributed by atoms with Crippen LogP contribution in [0.1, 0.15) is 18.6 Å². The Morgan fingerprint density at radius 3 is 2.25 bits per heavy atom. The maximum absolute atomic E-state index is 13.0. The summed E-state index contributed by atoms with van der Waals surface area (Å²) in [4.78, 5) is 36.1. The van der Waals surface area contributed by atoms with Crippen molar-refractivity contribution in [3.63, 3.8) is 0 Å². The molecule has 164 valence electrons.